The van der Waals surface area contributed by atoms with Crippen molar-refractivity contribution in [1.29, 1.82) is 0 Å². The summed E-state index contributed by atoms with van der Waals surface area (Å²) >= 11 is 0. The van der Waals surface area contributed by atoms with E-state index in [0.717, 1.165) is 0 Å². The van der Waals surface area contributed by atoms with Crippen molar-refractivity contribution in [3.05, 3.63) is 96.4 Å². The van der Waals surface area contributed by atoms with Gasteiger partial charge < -0.3 is 5.32 Å². The zero-order chi connectivity index (χ0) is 27.6. The van der Waals surface area contributed by atoms with Crippen molar-refractivity contribution in [3.8, 4) is 0 Å². The normalized spacial score (nSPS) is 11.7. The molecule has 2 aromatic heterocycles. The molecular formula is C26H23N7O4S2. The van der Waals surface area contributed by atoms with E-state index in [1.807, 2.05) is 0 Å². The van der Waals surface area contributed by atoms with E-state index in [2.05, 4.69) is 34.7 Å². The number of nitrogens with zero attached hydrogens (tertiary/aromatic N) is 4. The lowest BCUT2D eigenvalue weighted by Crippen LogP contribution is -2.16. The molecule has 0 amide bonds. The van der Waals surface area contributed by atoms with Crippen molar-refractivity contribution >= 4 is 54.2 Å². The van der Waals surface area contributed by atoms with Crippen LogP contribution in [0.2, 0.25) is 0 Å². The quantitative estimate of drug-likeness (QED) is 0.250. The van der Waals surface area contributed by atoms with E-state index < -0.39 is 20.0 Å². The molecule has 2 heterocycles. The van der Waals surface area contributed by atoms with Crippen LogP contribution in [0.5, 0.6) is 0 Å². The van der Waals surface area contributed by atoms with Gasteiger partial charge in [0.25, 0.3) is 20.0 Å². The van der Waals surface area contributed by atoms with Gasteiger partial charge in [0, 0.05) is 17.4 Å². The van der Waals surface area contributed by atoms with E-state index in [9.17, 15) is 16.8 Å². The van der Waals surface area contributed by atoms with Crippen molar-refractivity contribution in [3.63, 3.8) is 0 Å². The first-order valence-corrected chi connectivity index (χ1v) is 14.6. The van der Waals surface area contributed by atoms with E-state index in [-0.39, 0.29) is 27.2 Å². The number of hydrogen-bond acceptors (Lipinski definition) is 9. The Morgan fingerprint density at radius 3 is 1.79 bits per heavy atom. The third-order valence-electron chi connectivity index (χ3n) is 5.49. The Hall–Kier alpha value is -4.62. The highest BCUT2D eigenvalue weighted by molar-refractivity contribution is 7.93. The number of benzene rings is 3. The van der Waals surface area contributed by atoms with Crippen molar-refractivity contribution in [1.82, 2.24) is 19.9 Å². The first kappa shape index (κ1) is 26.0. The summed E-state index contributed by atoms with van der Waals surface area (Å²) in [5, 5.41) is 3.05. The molecule has 0 radical (unpaired) electrons. The summed E-state index contributed by atoms with van der Waals surface area (Å²) in [5.74, 6) is 0.755. The van der Waals surface area contributed by atoms with Crippen LogP contribution < -0.4 is 14.8 Å². The predicted molar refractivity (Wildman–Crippen MR) is 149 cm³/mol. The zero-order valence-corrected chi connectivity index (χ0v) is 22.5. The second kappa shape index (κ2) is 10.3. The van der Waals surface area contributed by atoms with E-state index in [4.69, 9.17) is 0 Å². The standard InChI is InChI=1S/C26H23N7O4S2/c1-17-16-24(28-18(2)27-17)32-38(34,35)21-14-12-19(13-15-21)29-25-26(31-23-11-7-6-10-22(23)30-25)33-39(36,37)20-8-4-3-5-9-20/h3-16H,1-2H3,(H,29,30)(H,31,33)(H,27,28,32). The lowest BCUT2D eigenvalue weighted by molar-refractivity contribution is 0.599. The van der Waals surface area contributed by atoms with Gasteiger partial charge in [-0.1, -0.05) is 30.3 Å². The maximum absolute atomic E-state index is 13.0. The first-order valence-electron chi connectivity index (χ1n) is 11.7. The summed E-state index contributed by atoms with van der Waals surface area (Å²) in [6.07, 6.45) is 0. The van der Waals surface area contributed by atoms with Crippen molar-refractivity contribution in [2.75, 3.05) is 14.8 Å². The summed E-state index contributed by atoms with van der Waals surface area (Å²) in [6.45, 7) is 3.42. The molecule has 3 N–H and O–H groups in total. The molecule has 0 spiro atoms. The number of anilines is 4. The molecule has 13 heteroatoms. The second-order valence-electron chi connectivity index (χ2n) is 8.52. The largest absolute Gasteiger partial charge is 0.337 e. The number of aromatic nitrogens is 4. The van der Waals surface area contributed by atoms with Crippen LogP contribution in [0.4, 0.5) is 23.1 Å². The lowest BCUT2D eigenvalue weighted by atomic mass is 10.3. The molecule has 0 fully saturated rings. The number of nitrogens with one attached hydrogen (secondary N) is 3. The van der Waals surface area contributed by atoms with Gasteiger partial charge in [0.1, 0.15) is 11.6 Å². The molecule has 198 valence electrons. The number of hydrogen-bond donors (Lipinski definition) is 3. The SMILES string of the molecule is Cc1cc(NS(=O)(=O)c2ccc(Nc3nc4ccccc4nc3NS(=O)(=O)c3ccccc3)cc2)nc(C)n1. The summed E-state index contributed by atoms with van der Waals surface area (Å²) in [4.78, 5) is 17.4. The van der Waals surface area contributed by atoms with Crippen molar-refractivity contribution in [2.24, 2.45) is 0 Å². The van der Waals surface area contributed by atoms with Crippen LogP contribution in [0.15, 0.2) is 94.7 Å². The van der Waals surface area contributed by atoms with Gasteiger partial charge >= 0.3 is 0 Å². The smallest absolute Gasteiger partial charge is 0.263 e. The number of para-hydroxylation sites is 2. The third-order valence-corrected chi connectivity index (χ3v) is 8.21. The molecule has 0 unspecified atom stereocenters. The number of sulfonamides is 2. The fourth-order valence-electron chi connectivity index (χ4n) is 3.76. The van der Waals surface area contributed by atoms with Crippen LogP contribution in [0, 0.1) is 13.8 Å². The molecule has 0 aliphatic rings. The fraction of sp³-hybridized carbons (Fsp3) is 0.0769. The molecule has 0 atom stereocenters. The molecule has 39 heavy (non-hydrogen) atoms. The monoisotopic (exact) mass is 561 g/mol. The average Bonchev–Trinajstić information content (AvgIpc) is 2.89. The van der Waals surface area contributed by atoms with Crippen LogP contribution in [-0.4, -0.2) is 36.8 Å². The number of rotatable bonds is 8. The van der Waals surface area contributed by atoms with Crippen LogP contribution in [-0.2, 0) is 20.0 Å². The highest BCUT2D eigenvalue weighted by atomic mass is 32.2. The lowest BCUT2D eigenvalue weighted by Gasteiger charge is -2.14. The molecule has 0 saturated heterocycles. The molecule has 0 aliphatic heterocycles. The minimum absolute atomic E-state index is 0.00887. The topological polar surface area (TPSA) is 156 Å². The van der Waals surface area contributed by atoms with E-state index in [1.165, 1.54) is 42.5 Å². The minimum atomic E-state index is -3.95. The molecule has 3 aromatic carbocycles. The molecule has 0 saturated carbocycles. The predicted octanol–water partition coefficient (Wildman–Crippen LogP) is 4.38. The summed E-state index contributed by atoms with van der Waals surface area (Å²) in [6, 6.07) is 22.4. The highest BCUT2D eigenvalue weighted by Crippen LogP contribution is 2.28. The van der Waals surface area contributed by atoms with Gasteiger partial charge in [-0.25, -0.2) is 36.8 Å². The minimum Gasteiger partial charge on any atom is -0.337 e. The number of aryl methyl sites for hydroxylation is 2. The summed E-state index contributed by atoms with van der Waals surface area (Å²) in [7, 11) is -7.87. The summed E-state index contributed by atoms with van der Waals surface area (Å²) < 4.78 is 56.8. The van der Waals surface area contributed by atoms with Gasteiger partial charge in [-0.2, -0.15) is 0 Å². The Bertz CT molecular complexity index is 1860. The van der Waals surface area contributed by atoms with Gasteiger partial charge in [0.2, 0.25) is 0 Å². The van der Waals surface area contributed by atoms with Crippen LogP contribution in [0.25, 0.3) is 11.0 Å². The molecule has 0 bridgehead atoms. The Morgan fingerprint density at radius 2 is 1.15 bits per heavy atom. The van der Waals surface area contributed by atoms with Gasteiger partial charge in [-0.3, -0.25) is 9.44 Å². The Morgan fingerprint density at radius 1 is 0.590 bits per heavy atom. The van der Waals surface area contributed by atoms with Crippen molar-refractivity contribution in [2.45, 2.75) is 23.6 Å². The van der Waals surface area contributed by atoms with Crippen LogP contribution in [0.1, 0.15) is 11.5 Å². The zero-order valence-electron chi connectivity index (χ0n) is 20.8. The van der Waals surface area contributed by atoms with Crippen LogP contribution >= 0.6 is 0 Å². The Labute approximate surface area is 225 Å². The average molecular weight is 562 g/mol. The van der Waals surface area contributed by atoms with E-state index >= 15 is 0 Å². The maximum Gasteiger partial charge on any atom is 0.263 e. The first-order chi connectivity index (χ1) is 18.6. The van der Waals surface area contributed by atoms with Gasteiger partial charge in [0.15, 0.2) is 11.6 Å². The van der Waals surface area contributed by atoms with E-state index in [0.29, 0.717) is 28.2 Å². The van der Waals surface area contributed by atoms with Gasteiger partial charge in [-0.05, 0) is 62.4 Å². The van der Waals surface area contributed by atoms with Crippen molar-refractivity contribution < 1.29 is 16.8 Å². The summed E-state index contributed by atoms with van der Waals surface area (Å²) in [5.41, 5.74) is 2.14. The third kappa shape index (κ3) is 5.94. The molecule has 5 aromatic rings. The fourth-order valence-corrected chi connectivity index (χ4v) is 5.79. The second-order valence-corrected chi connectivity index (χ2v) is 11.9. The Balaban J connectivity index is 1.44. The molecular weight excluding hydrogens is 538 g/mol. The maximum atomic E-state index is 13.0. The van der Waals surface area contributed by atoms with Crippen LogP contribution in [0.3, 0.4) is 0 Å². The Kier molecular flexibility index (Phi) is 6.85. The van der Waals surface area contributed by atoms with Gasteiger partial charge in [0.05, 0.1) is 20.8 Å². The van der Waals surface area contributed by atoms with Gasteiger partial charge in [-0.15, -0.1) is 0 Å². The van der Waals surface area contributed by atoms with E-state index in [1.54, 1.807) is 56.3 Å². The molecule has 5 rings (SSSR count). The highest BCUT2D eigenvalue weighted by Gasteiger charge is 2.20. The molecule has 11 nitrogen and oxygen atoms in total. The molecule has 0 aliphatic carbocycles. The number of fused-ring (bicyclic) bond motifs is 1.